The topological polar surface area (TPSA) is 50.4 Å². The van der Waals surface area contributed by atoms with Crippen LogP contribution in [0, 0.1) is 5.92 Å². The van der Waals surface area contributed by atoms with Crippen LogP contribution >= 0.6 is 0 Å². The fraction of sp³-hybridized carbons (Fsp3) is 0.562. The Hall–Kier alpha value is -1.39. The molecule has 1 amide bonds. The maximum Gasteiger partial charge on any atom is 0.251 e. The van der Waals surface area contributed by atoms with E-state index < -0.39 is 0 Å². The van der Waals surface area contributed by atoms with Crippen LogP contribution in [-0.2, 0) is 17.7 Å². The number of rotatable bonds is 3. The summed E-state index contributed by atoms with van der Waals surface area (Å²) in [6, 6.07) is 6.04. The monoisotopic (exact) mass is 274 g/mol. The van der Waals surface area contributed by atoms with Crippen LogP contribution < -0.4 is 10.6 Å². The number of carbonyl (C=O) groups is 1. The number of ether oxygens (including phenoxy) is 1. The van der Waals surface area contributed by atoms with E-state index in [1.54, 1.807) is 0 Å². The SMILES string of the molecule is O=C(NCC1CCOCC1)c1cccc2c1CCNC2. The van der Waals surface area contributed by atoms with E-state index in [-0.39, 0.29) is 5.91 Å². The van der Waals surface area contributed by atoms with Gasteiger partial charge >= 0.3 is 0 Å². The summed E-state index contributed by atoms with van der Waals surface area (Å²) in [6.07, 6.45) is 3.05. The third-order valence-electron chi connectivity index (χ3n) is 4.28. The van der Waals surface area contributed by atoms with Gasteiger partial charge in [0.25, 0.3) is 5.91 Å². The van der Waals surface area contributed by atoms with Gasteiger partial charge in [-0.25, -0.2) is 0 Å². The van der Waals surface area contributed by atoms with Crippen LogP contribution in [0.2, 0.25) is 0 Å². The number of fused-ring (bicyclic) bond motifs is 1. The van der Waals surface area contributed by atoms with Crippen LogP contribution in [0.3, 0.4) is 0 Å². The van der Waals surface area contributed by atoms with E-state index in [0.717, 1.165) is 57.7 Å². The first-order valence-corrected chi connectivity index (χ1v) is 7.52. The molecule has 108 valence electrons. The Morgan fingerprint density at radius 1 is 1.35 bits per heavy atom. The van der Waals surface area contributed by atoms with E-state index in [9.17, 15) is 4.79 Å². The molecule has 0 atom stereocenters. The zero-order valence-electron chi connectivity index (χ0n) is 11.8. The normalized spacial score (nSPS) is 19.4. The highest BCUT2D eigenvalue weighted by Crippen LogP contribution is 2.19. The van der Waals surface area contributed by atoms with Crippen LogP contribution in [0.5, 0.6) is 0 Å². The lowest BCUT2D eigenvalue weighted by Gasteiger charge is -2.23. The fourth-order valence-corrected chi connectivity index (χ4v) is 3.03. The van der Waals surface area contributed by atoms with Crippen molar-refractivity contribution >= 4 is 5.91 Å². The van der Waals surface area contributed by atoms with E-state index in [1.807, 2.05) is 12.1 Å². The molecule has 2 N–H and O–H groups in total. The summed E-state index contributed by atoms with van der Waals surface area (Å²) in [4.78, 5) is 12.4. The van der Waals surface area contributed by atoms with Gasteiger partial charge in [-0.1, -0.05) is 12.1 Å². The van der Waals surface area contributed by atoms with Crippen molar-refractivity contribution in [3.05, 3.63) is 34.9 Å². The molecule has 2 heterocycles. The molecule has 1 saturated heterocycles. The third kappa shape index (κ3) is 3.02. The minimum absolute atomic E-state index is 0.0789. The highest BCUT2D eigenvalue weighted by Gasteiger charge is 2.19. The van der Waals surface area contributed by atoms with Gasteiger partial charge in [0.05, 0.1) is 0 Å². The molecule has 1 aromatic carbocycles. The predicted octanol–water partition coefficient (Wildman–Crippen LogP) is 1.49. The van der Waals surface area contributed by atoms with Crippen LogP contribution in [0.4, 0.5) is 0 Å². The van der Waals surface area contributed by atoms with Crippen LogP contribution in [0.25, 0.3) is 0 Å². The Morgan fingerprint density at radius 2 is 2.20 bits per heavy atom. The van der Waals surface area contributed by atoms with Crippen LogP contribution in [-0.4, -0.2) is 32.2 Å². The summed E-state index contributed by atoms with van der Waals surface area (Å²) in [7, 11) is 0. The molecule has 0 aromatic heterocycles. The average molecular weight is 274 g/mol. The van der Waals surface area contributed by atoms with Crippen LogP contribution in [0.1, 0.15) is 34.3 Å². The van der Waals surface area contributed by atoms with E-state index in [2.05, 4.69) is 16.7 Å². The molecule has 2 aliphatic rings. The van der Waals surface area contributed by atoms with Crippen molar-refractivity contribution in [3.63, 3.8) is 0 Å². The van der Waals surface area contributed by atoms with Gasteiger partial charge in [-0.15, -0.1) is 0 Å². The molecule has 0 unspecified atom stereocenters. The van der Waals surface area contributed by atoms with Gasteiger partial charge in [-0.3, -0.25) is 4.79 Å². The molecular weight excluding hydrogens is 252 g/mol. The fourth-order valence-electron chi connectivity index (χ4n) is 3.03. The highest BCUT2D eigenvalue weighted by atomic mass is 16.5. The molecule has 0 aliphatic carbocycles. The summed E-state index contributed by atoms with van der Waals surface area (Å²) >= 11 is 0. The maximum absolute atomic E-state index is 12.4. The maximum atomic E-state index is 12.4. The number of hydrogen-bond acceptors (Lipinski definition) is 3. The quantitative estimate of drug-likeness (QED) is 0.878. The molecule has 0 radical (unpaired) electrons. The molecule has 3 rings (SSSR count). The number of carbonyl (C=O) groups excluding carboxylic acids is 1. The van der Waals surface area contributed by atoms with Gasteiger partial charge in [0.1, 0.15) is 0 Å². The smallest absolute Gasteiger partial charge is 0.251 e. The minimum atomic E-state index is 0.0789. The molecule has 4 heteroatoms. The van der Waals surface area contributed by atoms with E-state index in [0.29, 0.717) is 5.92 Å². The van der Waals surface area contributed by atoms with Gasteiger partial charge < -0.3 is 15.4 Å². The van der Waals surface area contributed by atoms with Crippen molar-refractivity contribution in [1.29, 1.82) is 0 Å². The Bertz CT molecular complexity index is 481. The van der Waals surface area contributed by atoms with Crippen molar-refractivity contribution in [2.45, 2.75) is 25.8 Å². The lowest BCUT2D eigenvalue weighted by Crippen LogP contribution is -2.34. The number of nitrogens with one attached hydrogen (secondary N) is 2. The van der Waals surface area contributed by atoms with Gasteiger partial charge in [0.15, 0.2) is 0 Å². The van der Waals surface area contributed by atoms with Crippen molar-refractivity contribution < 1.29 is 9.53 Å². The van der Waals surface area contributed by atoms with Crippen molar-refractivity contribution in [1.82, 2.24) is 10.6 Å². The van der Waals surface area contributed by atoms with E-state index >= 15 is 0 Å². The average Bonchev–Trinajstić information content (AvgIpc) is 2.53. The van der Waals surface area contributed by atoms with Gasteiger partial charge in [0, 0.05) is 31.9 Å². The molecule has 4 nitrogen and oxygen atoms in total. The van der Waals surface area contributed by atoms with E-state index in [4.69, 9.17) is 4.74 Å². The van der Waals surface area contributed by atoms with Crippen molar-refractivity contribution in [2.75, 3.05) is 26.3 Å². The molecule has 1 aromatic rings. The number of amides is 1. The highest BCUT2D eigenvalue weighted by molar-refractivity contribution is 5.96. The first-order chi connectivity index (χ1) is 9.84. The first-order valence-electron chi connectivity index (χ1n) is 7.52. The first kappa shape index (κ1) is 13.6. The molecule has 0 spiro atoms. The largest absolute Gasteiger partial charge is 0.381 e. The summed E-state index contributed by atoms with van der Waals surface area (Å²) < 4.78 is 5.35. The summed E-state index contributed by atoms with van der Waals surface area (Å²) in [5.41, 5.74) is 3.33. The van der Waals surface area contributed by atoms with Gasteiger partial charge in [0.2, 0.25) is 0 Å². The van der Waals surface area contributed by atoms with Crippen LogP contribution in [0.15, 0.2) is 18.2 Å². The second kappa shape index (κ2) is 6.37. The summed E-state index contributed by atoms with van der Waals surface area (Å²) in [6.45, 7) is 4.25. The van der Waals surface area contributed by atoms with Crippen molar-refractivity contribution in [2.24, 2.45) is 5.92 Å². The molecule has 20 heavy (non-hydrogen) atoms. The lowest BCUT2D eigenvalue weighted by molar-refractivity contribution is 0.0642. The predicted molar refractivity (Wildman–Crippen MR) is 77.7 cm³/mol. The van der Waals surface area contributed by atoms with E-state index in [1.165, 1.54) is 11.1 Å². The van der Waals surface area contributed by atoms with Gasteiger partial charge in [-0.2, -0.15) is 0 Å². The minimum Gasteiger partial charge on any atom is -0.381 e. The molecule has 2 aliphatic heterocycles. The van der Waals surface area contributed by atoms with Gasteiger partial charge in [-0.05, 0) is 48.9 Å². The molecule has 0 saturated carbocycles. The lowest BCUT2D eigenvalue weighted by atomic mass is 9.94. The molecule has 0 bridgehead atoms. The summed E-state index contributed by atoms with van der Waals surface area (Å²) in [5.74, 6) is 0.643. The zero-order chi connectivity index (χ0) is 13.8. The Morgan fingerprint density at radius 3 is 3.05 bits per heavy atom. The Labute approximate surface area is 119 Å². The van der Waals surface area contributed by atoms with Crippen molar-refractivity contribution in [3.8, 4) is 0 Å². The Kier molecular flexibility index (Phi) is 4.33. The number of benzene rings is 1. The Balaban J connectivity index is 1.64. The second-order valence-electron chi connectivity index (χ2n) is 5.64. The molecule has 1 fully saturated rings. The zero-order valence-corrected chi connectivity index (χ0v) is 11.8. The summed E-state index contributed by atoms with van der Waals surface area (Å²) in [5, 5.41) is 6.45. The number of hydrogen-bond donors (Lipinski definition) is 2. The third-order valence-corrected chi connectivity index (χ3v) is 4.28. The molecular formula is C16H22N2O2. The standard InChI is InChI=1S/C16H22N2O2/c19-16(18-10-12-5-8-20-9-6-12)15-3-1-2-13-11-17-7-4-14(13)15/h1-3,12,17H,4-11H2,(H,18,19). The second-order valence-corrected chi connectivity index (χ2v) is 5.64.